The summed E-state index contributed by atoms with van der Waals surface area (Å²) in [6.07, 6.45) is 0.190. The van der Waals surface area contributed by atoms with Gasteiger partial charge >= 0.3 is 5.97 Å². The van der Waals surface area contributed by atoms with Crippen molar-refractivity contribution >= 4 is 17.6 Å². The number of amides is 1. The Morgan fingerprint density at radius 2 is 2.05 bits per heavy atom. The molecule has 5 heteroatoms. The maximum Gasteiger partial charge on any atom is 0.303 e. The van der Waals surface area contributed by atoms with E-state index in [1.165, 1.54) is 0 Å². The molecule has 0 aromatic heterocycles. The van der Waals surface area contributed by atoms with Crippen LogP contribution >= 0.6 is 0 Å². The van der Waals surface area contributed by atoms with Crippen molar-refractivity contribution < 1.29 is 14.7 Å². The fourth-order valence-electron chi connectivity index (χ4n) is 2.45. The second kappa shape index (κ2) is 6.05. The van der Waals surface area contributed by atoms with Crippen LogP contribution in [0.2, 0.25) is 0 Å². The van der Waals surface area contributed by atoms with Gasteiger partial charge < -0.3 is 10.4 Å². The number of anilines is 1. The highest BCUT2D eigenvalue weighted by Gasteiger charge is 2.29. The van der Waals surface area contributed by atoms with E-state index < -0.39 is 5.97 Å². The summed E-state index contributed by atoms with van der Waals surface area (Å²) in [5.74, 6) is -0.636. The van der Waals surface area contributed by atoms with Crippen molar-refractivity contribution in [3.8, 4) is 0 Å². The molecule has 0 unspecified atom stereocenters. The molecule has 20 heavy (non-hydrogen) atoms. The second-order valence-corrected chi connectivity index (χ2v) is 5.52. The van der Waals surface area contributed by atoms with Crippen molar-refractivity contribution in [2.75, 3.05) is 25.0 Å². The average Bonchev–Trinajstić information content (AvgIpc) is 2.30. The van der Waals surface area contributed by atoms with Crippen molar-refractivity contribution in [3.05, 3.63) is 29.3 Å². The number of carbonyl (C=O) groups is 2. The molecule has 108 valence electrons. The Bertz CT molecular complexity index is 522. The van der Waals surface area contributed by atoms with Gasteiger partial charge in [0.25, 0.3) is 0 Å². The molecule has 0 bridgehead atoms. The Kier molecular flexibility index (Phi) is 4.39. The Morgan fingerprint density at radius 1 is 1.35 bits per heavy atom. The van der Waals surface area contributed by atoms with E-state index in [0.717, 1.165) is 16.8 Å². The van der Waals surface area contributed by atoms with Crippen LogP contribution in [0.25, 0.3) is 0 Å². The standard InChI is InChI=1S/C15H20N2O3/c1-10-3-4-11(2)13(5-10)16-14(18)9-17-7-12(8-17)6-15(19)20/h3-5,12H,6-9H2,1-2H3,(H,16,18)(H,19,20). The van der Waals surface area contributed by atoms with Gasteiger partial charge in [0.15, 0.2) is 0 Å². The molecule has 1 saturated heterocycles. The minimum absolute atomic E-state index is 0.0486. The SMILES string of the molecule is Cc1ccc(C)c(NC(=O)CN2CC(CC(=O)O)C2)c1. The summed E-state index contributed by atoms with van der Waals surface area (Å²) < 4.78 is 0. The molecule has 0 saturated carbocycles. The quantitative estimate of drug-likeness (QED) is 0.858. The van der Waals surface area contributed by atoms with Crippen LogP contribution in [0.15, 0.2) is 18.2 Å². The molecule has 5 nitrogen and oxygen atoms in total. The van der Waals surface area contributed by atoms with Gasteiger partial charge in [-0.2, -0.15) is 0 Å². The smallest absolute Gasteiger partial charge is 0.303 e. The number of rotatable bonds is 5. The van der Waals surface area contributed by atoms with E-state index in [1.54, 1.807) is 0 Å². The van der Waals surface area contributed by atoms with Crippen LogP contribution in [0.3, 0.4) is 0 Å². The lowest BCUT2D eigenvalue weighted by Gasteiger charge is -2.37. The first-order valence-corrected chi connectivity index (χ1v) is 6.75. The summed E-state index contributed by atoms with van der Waals surface area (Å²) in [5, 5.41) is 11.6. The maximum absolute atomic E-state index is 11.9. The summed E-state index contributed by atoms with van der Waals surface area (Å²) in [6.45, 7) is 5.64. The zero-order chi connectivity index (χ0) is 14.7. The molecule has 0 radical (unpaired) electrons. The first-order chi connectivity index (χ1) is 9.44. The van der Waals surface area contributed by atoms with E-state index in [-0.39, 0.29) is 18.2 Å². The highest BCUT2D eigenvalue weighted by Crippen LogP contribution is 2.20. The molecular formula is C15H20N2O3. The summed E-state index contributed by atoms with van der Waals surface area (Å²) in [4.78, 5) is 24.4. The summed E-state index contributed by atoms with van der Waals surface area (Å²) in [5.41, 5.74) is 2.99. The van der Waals surface area contributed by atoms with Crippen molar-refractivity contribution in [3.63, 3.8) is 0 Å². The highest BCUT2D eigenvalue weighted by molar-refractivity contribution is 5.93. The van der Waals surface area contributed by atoms with Crippen molar-refractivity contribution in [1.82, 2.24) is 4.90 Å². The maximum atomic E-state index is 11.9. The van der Waals surface area contributed by atoms with Gasteiger partial charge in [0.1, 0.15) is 0 Å². The van der Waals surface area contributed by atoms with E-state index in [1.807, 2.05) is 36.9 Å². The van der Waals surface area contributed by atoms with Gasteiger partial charge in [0, 0.05) is 18.8 Å². The van der Waals surface area contributed by atoms with Crippen molar-refractivity contribution in [1.29, 1.82) is 0 Å². The predicted molar refractivity (Wildman–Crippen MR) is 76.7 cm³/mol. The molecule has 1 heterocycles. The lowest BCUT2D eigenvalue weighted by molar-refractivity contribution is -0.139. The molecule has 1 amide bonds. The van der Waals surface area contributed by atoms with E-state index in [2.05, 4.69) is 5.32 Å². The van der Waals surface area contributed by atoms with Gasteiger partial charge in [-0.3, -0.25) is 14.5 Å². The zero-order valence-electron chi connectivity index (χ0n) is 11.8. The number of aryl methyl sites for hydroxylation is 2. The van der Waals surface area contributed by atoms with Crippen LogP contribution in [0.5, 0.6) is 0 Å². The third-order valence-corrected chi connectivity index (χ3v) is 3.53. The zero-order valence-corrected chi connectivity index (χ0v) is 11.8. The molecule has 0 spiro atoms. The molecule has 2 N–H and O–H groups in total. The number of hydrogen-bond donors (Lipinski definition) is 2. The van der Waals surface area contributed by atoms with Gasteiger partial charge in [-0.1, -0.05) is 12.1 Å². The fourth-order valence-corrected chi connectivity index (χ4v) is 2.45. The minimum atomic E-state index is -0.769. The van der Waals surface area contributed by atoms with E-state index in [9.17, 15) is 9.59 Å². The van der Waals surface area contributed by atoms with Crippen molar-refractivity contribution in [2.45, 2.75) is 20.3 Å². The van der Waals surface area contributed by atoms with Gasteiger partial charge in [-0.15, -0.1) is 0 Å². The van der Waals surface area contributed by atoms with Gasteiger partial charge in [-0.25, -0.2) is 0 Å². The lowest BCUT2D eigenvalue weighted by atomic mass is 9.96. The summed E-state index contributed by atoms with van der Waals surface area (Å²) >= 11 is 0. The van der Waals surface area contributed by atoms with Crippen LogP contribution in [-0.2, 0) is 9.59 Å². The Balaban J connectivity index is 1.79. The van der Waals surface area contributed by atoms with E-state index >= 15 is 0 Å². The second-order valence-electron chi connectivity index (χ2n) is 5.52. The number of carbonyl (C=O) groups excluding carboxylic acids is 1. The summed E-state index contributed by atoms with van der Waals surface area (Å²) in [7, 11) is 0. The highest BCUT2D eigenvalue weighted by atomic mass is 16.4. The average molecular weight is 276 g/mol. The molecule has 1 aliphatic rings. The third kappa shape index (κ3) is 3.81. The van der Waals surface area contributed by atoms with Crippen LogP contribution in [0.1, 0.15) is 17.5 Å². The Hall–Kier alpha value is -1.88. The topological polar surface area (TPSA) is 69.6 Å². The van der Waals surface area contributed by atoms with Crippen LogP contribution in [0.4, 0.5) is 5.69 Å². The number of benzene rings is 1. The number of carboxylic acids is 1. The van der Waals surface area contributed by atoms with Crippen molar-refractivity contribution in [2.24, 2.45) is 5.92 Å². The van der Waals surface area contributed by atoms with Crippen LogP contribution in [-0.4, -0.2) is 41.5 Å². The Labute approximate surface area is 118 Å². The molecule has 0 atom stereocenters. The molecular weight excluding hydrogens is 256 g/mol. The van der Waals surface area contributed by atoms with Gasteiger partial charge in [0.2, 0.25) is 5.91 Å². The fraction of sp³-hybridized carbons (Fsp3) is 0.467. The van der Waals surface area contributed by atoms with E-state index in [4.69, 9.17) is 5.11 Å². The molecule has 2 rings (SSSR count). The number of aliphatic carboxylic acids is 1. The third-order valence-electron chi connectivity index (χ3n) is 3.53. The largest absolute Gasteiger partial charge is 0.481 e. The molecule has 1 aromatic carbocycles. The van der Waals surface area contributed by atoms with Gasteiger partial charge in [-0.05, 0) is 37.0 Å². The molecule has 1 aliphatic heterocycles. The first kappa shape index (κ1) is 14.5. The summed E-state index contributed by atoms with van der Waals surface area (Å²) in [6, 6.07) is 5.95. The number of likely N-dealkylation sites (tertiary alicyclic amines) is 1. The molecule has 0 aliphatic carbocycles. The predicted octanol–water partition coefficient (Wildman–Crippen LogP) is 1.65. The van der Waals surface area contributed by atoms with Gasteiger partial charge in [0.05, 0.1) is 13.0 Å². The monoisotopic (exact) mass is 276 g/mol. The molecule has 1 fully saturated rings. The minimum Gasteiger partial charge on any atom is -0.481 e. The van der Waals surface area contributed by atoms with Crippen LogP contribution in [0, 0.1) is 19.8 Å². The number of carboxylic acid groups (broad SMARTS) is 1. The molecule has 1 aromatic rings. The number of nitrogens with one attached hydrogen (secondary N) is 1. The lowest BCUT2D eigenvalue weighted by Crippen LogP contribution is -2.50. The number of nitrogens with zero attached hydrogens (tertiary/aromatic N) is 1. The number of hydrogen-bond acceptors (Lipinski definition) is 3. The normalized spacial score (nSPS) is 15.7. The first-order valence-electron chi connectivity index (χ1n) is 6.75. The van der Waals surface area contributed by atoms with E-state index in [0.29, 0.717) is 19.6 Å². The Morgan fingerprint density at radius 3 is 2.70 bits per heavy atom. The van der Waals surface area contributed by atoms with Crippen LogP contribution < -0.4 is 5.32 Å².